The van der Waals surface area contributed by atoms with E-state index in [2.05, 4.69) is 21.2 Å². The molecule has 0 bridgehead atoms. The van der Waals surface area contributed by atoms with Gasteiger partial charge >= 0.3 is 0 Å². The molecule has 0 saturated carbocycles. The number of nitrogens with one attached hydrogen (secondary N) is 1. The van der Waals surface area contributed by atoms with Crippen molar-refractivity contribution in [3.63, 3.8) is 0 Å². The third kappa shape index (κ3) is 5.65. The van der Waals surface area contributed by atoms with Crippen LogP contribution < -0.4 is 14.4 Å². The maximum atomic E-state index is 13.4. The molecule has 0 atom stereocenters. The molecule has 1 N–H and O–H groups in total. The SMILES string of the molecule is CCOc1ccc(S(=O)(=O)N(CC(=O)Nc2ccc(Br)c(C)c2)c2ccccc2)cc1. The Labute approximate surface area is 191 Å². The van der Waals surface area contributed by atoms with E-state index in [0.717, 1.165) is 14.3 Å². The van der Waals surface area contributed by atoms with Crippen molar-refractivity contribution < 1.29 is 17.9 Å². The van der Waals surface area contributed by atoms with Gasteiger partial charge < -0.3 is 10.1 Å². The zero-order valence-corrected chi connectivity index (χ0v) is 19.6. The highest BCUT2D eigenvalue weighted by molar-refractivity contribution is 9.10. The number of aryl methyl sites for hydroxylation is 1. The fraction of sp³-hybridized carbons (Fsp3) is 0.174. The fourth-order valence-electron chi connectivity index (χ4n) is 2.96. The van der Waals surface area contributed by atoms with E-state index in [1.807, 2.05) is 26.0 Å². The van der Waals surface area contributed by atoms with Crippen LogP contribution in [0, 0.1) is 6.92 Å². The largest absolute Gasteiger partial charge is 0.494 e. The standard InChI is InChI=1S/C23H23BrN2O4S/c1-3-30-20-10-12-21(13-11-20)31(28,29)26(19-7-5-4-6-8-19)16-23(27)25-18-9-14-22(24)17(2)15-18/h4-15H,3,16H2,1-2H3,(H,25,27). The van der Waals surface area contributed by atoms with Gasteiger partial charge in [-0.1, -0.05) is 34.1 Å². The highest BCUT2D eigenvalue weighted by Crippen LogP contribution is 2.25. The van der Waals surface area contributed by atoms with Crippen LogP contribution in [0.15, 0.2) is 82.2 Å². The lowest BCUT2D eigenvalue weighted by molar-refractivity contribution is -0.114. The van der Waals surface area contributed by atoms with E-state index in [1.54, 1.807) is 48.5 Å². The third-order valence-electron chi connectivity index (χ3n) is 4.50. The van der Waals surface area contributed by atoms with Crippen LogP contribution in [0.25, 0.3) is 0 Å². The Morgan fingerprint density at radius 3 is 2.32 bits per heavy atom. The summed E-state index contributed by atoms with van der Waals surface area (Å²) in [5.41, 5.74) is 1.95. The van der Waals surface area contributed by atoms with E-state index >= 15 is 0 Å². The first-order valence-corrected chi connectivity index (χ1v) is 11.9. The van der Waals surface area contributed by atoms with Crippen molar-refractivity contribution in [2.24, 2.45) is 0 Å². The van der Waals surface area contributed by atoms with Crippen LogP contribution in [0.1, 0.15) is 12.5 Å². The van der Waals surface area contributed by atoms with Gasteiger partial charge in [0, 0.05) is 10.2 Å². The quantitative estimate of drug-likeness (QED) is 0.470. The number of carbonyl (C=O) groups is 1. The first-order valence-electron chi connectivity index (χ1n) is 9.68. The van der Waals surface area contributed by atoms with Crippen LogP contribution in [0.4, 0.5) is 11.4 Å². The van der Waals surface area contributed by atoms with Crippen molar-refractivity contribution in [2.75, 3.05) is 22.8 Å². The second-order valence-electron chi connectivity index (χ2n) is 6.76. The molecule has 0 aromatic heterocycles. The Bertz CT molecular complexity index is 1150. The summed E-state index contributed by atoms with van der Waals surface area (Å²) in [4.78, 5) is 12.8. The minimum Gasteiger partial charge on any atom is -0.494 e. The predicted octanol–water partition coefficient (Wildman–Crippen LogP) is 4.99. The second-order valence-corrected chi connectivity index (χ2v) is 9.48. The number of rotatable bonds is 8. The van der Waals surface area contributed by atoms with Gasteiger partial charge in [-0.2, -0.15) is 0 Å². The van der Waals surface area contributed by atoms with E-state index in [4.69, 9.17) is 4.74 Å². The van der Waals surface area contributed by atoms with Gasteiger partial charge in [0.05, 0.1) is 17.2 Å². The number of carbonyl (C=O) groups excluding carboxylic acids is 1. The van der Waals surface area contributed by atoms with Crippen molar-refractivity contribution in [3.8, 4) is 5.75 Å². The highest BCUT2D eigenvalue weighted by atomic mass is 79.9. The maximum Gasteiger partial charge on any atom is 0.264 e. The van der Waals surface area contributed by atoms with Crippen LogP contribution in [0.3, 0.4) is 0 Å². The lowest BCUT2D eigenvalue weighted by Crippen LogP contribution is -2.38. The molecule has 162 valence electrons. The molecular weight excluding hydrogens is 480 g/mol. The number of hydrogen-bond acceptors (Lipinski definition) is 4. The number of hydrogen-bond donors (Lipinski definition) is 1. The Morgan fingerprint density at radius 1 is 1.03 bits per heavy atom. The van der Waals surface area contributed by atoms with Crippen molar-refractivity contribution in [2.45, 2.75) is 18.7 Å². The number of benzene rings is 3. The van der Waals surface area contributed by atoms with Crippen molar-refractivity contribution in [1.82, 2.24) is 0 Å². The minimum atomic E-state index is -3.98. The Balaban J connectivity index is 1.89. The summed E-state index contributed by atoms with van der Waals surface area (Å²) in [5, 5.41) is 2.77. The molecule has 0 saturated heterocycles. The molecule has 0 radical (unpaired) electrons. The second kappa shape index (κ2) is 9.98. The molecule has 8 heteroatoms. The van der Waals surface area contributed by atoms with E-state index in [-0.39, 0.29) is 11.4 Å². The lowest BCUT2D eigenvalue weighted by atomic mass is 10.2. The number of para-hydroxylation sites is 1. The molecule has 0 aliphatic carbocycles. The molecular formula is C23H23BrN2O4S. The van der Waals surface area contributed by atoms with Gasteiger partial charge in [-0.25, -0.2) is 8.42 Å². The minimum absolute atomic E-state index is 0.0760. The average Bonchev–Trinajstić information content (AvgIpc) is 2.76. The van der Waals surface area contributed by atoms with Gasteiger partial charge in [0.25, 0.3) is 10.0 Å². The van der Waals surface area contributed by atoms with Gasteiger partial charge in [0.1, 0.15) is 12.3 Å². The van der Waals surface area contributed by atoms with Gasteiger partial charge in [0.2, 0.25) is 5.91 Å². The normalized spacial score (nSPS) is 11.1. The summed E-state index contributed by atoms with van der Waals surface area (Å²) in [6.07, 6.45) is 0. The van der Waals surface area contributed by atoms with E-state index in [0.29, 0.717) is 23.7 Å². The maximum absolute atomic E-state index is 13.4. The fourth-order valence-corrected chi connectivity index (χ4v) is 4.63. The topological polar surface area (TPSA) is 75.7 Å². The molecule has 0 heterocycles. The van der Waals surface area contributed by atoms with Crippen LogP contribution in [-0.2, 0) is 14.8 Å². The van der Waals surface area contributed by atoms with E-state index in [9.17, 15) is 13.2 Å². The zero-order chi connectivity index (χ0) is 22.4. The smallest absolute Gasteiger partial charge is 0.264 e. The van der Waals surface area contributed by atoms with Gasteiger partial charge in [0.15, 0.2) is 0 Å². The molecule has 6 nitrogen and oxygen atoms in total. The zero-order valence-electron chi connectivity index (χ0n) is 17.2. The lowest BCUT2D eigenvalue weighted by Gasteiger charge is -2.24. The summed E-state index contributed by atoms with van der Waals surface area (Å²) in [6, 6.07) is 20.1. The molecule has 0 fully saturated rings. The third-order valence-corrected chi connectivity index (χ3v) is 7.17. The molecule has 3 rings (SSSR count). The summed E-state index contributed by atoms with van der Waals surface area (Å²) >= 11 is 3.42. The number of halogens is 1. The summed E-state index contributed by atoms with van der Waals surface area (Å²) in [7, 11) is -3.98. The van der Waals surface area contributed by atoms with Crippen molar-refractivity contribution >= 4 is 43.2 Å². The molecule has 3 aromatic rings. The van der Waals surface area contributed by atoms with Crippen LogP contribution in [0.2, 0.25) is 0 Å². The highest BCUT2D eigenvalue weighted by Gasteiger charge is 2.27. The van der Waals surface area contributed by atoms with E-state index < -0.39 is 15.9 Å². The van der Waals surface area contributed by atoms with Crippen molar-refractivity contribution in [3.05, 3.63) is 82.8 Å². The number of ether oxygens (including phenoxy) is 1. The van der Waals surface area contributed by atoms with Crippen LogP contribution in [0.5, 0.6) is 5.75 Å². The summed E-state index contributed by atoms with van der Waals surface area (Å²) in [6.45, 7) is 3.88. The van der Waals surface area contributed by atoms with E-state index in [1.165, 1.54) is 12.1 Å². The van der Waals surface area contributed by atoms with Crippen molar-refractivity contribution in [1.29, 1.82) is 0 Å². The van der Waals surface area contributed by atoms with Gasteiger partial charge in [-0.15, -0.1) is 0 Å². The average molecular weight is 503 g/mol. The molecule has 31 heavy (non-hydrogen) atoms. The Kier molecular flexibility index (Phi) is 7.35. The Hall–Kier alpha value is -2.84. The molecule has 0 aliphatic heterocycles. The number of nitrogens with zero attached hydrogens (tertiary/aromatic N) is 1. The molecule has 1 amide bonds. The Morgan fingerprint density at radius 2 is 1.71 bits per heavy atom. The number of sulfonamides is 1. The number of amides is 1. The first kappa shape index (κ1) is 22.8. The first-order chi connectivity index (χ1) is 14.8. The van der Waals surface area contributed by atoms with Crippen LogP contribution in [-0.4, -0.2) is 27.5 Å². The van der Waals surface area contributed by atoms with Crippen LogP contribution >= 0.6 is 15.9 Å². The molecule has 0 aliphatic rings. The number of anilines is 2. The molecule has 0 spiro atoms. The molecule has 3 aromatic carbocycles. The van der Waals surface area contributed by atoms with Gasteiger partial charge in [-0.05, 0) is 74.0 Å². The summed E-state index contributed by atoms with van der Waals surface area (Å²) < 4.78 is 34.2. The summed E-state index contributed by atoms with van der Waals surface area (Å²) in [5.74, 6) is 0.135. The van der Waals surface area contributed by atoms with Gasteiger partial charge in [-0.3, -0.25) is 9.10 Å². The monoisotopic (exact) mass is 502 g/mol. The predicted molar refractivity (Wildman–Crippen MR) is 126 cm³/mol. The molecule has 0 unspecified atom stereocenters.